The van der Waals surface area contributed by atoms with Crippen LogP contribution in [0.15, 0.2) is 36.4 Å². The molecule has 1 unspecified atom stereocenters. The third-order valence-corrected chi connectivity index (χ3v) is 3.18. The number of hydrogen-bond donors (Lipinski definition) is 1. The van der Waals surface area contributed by atoms with E-state index in [0.717, 1.165) is 5.56 Å². The van der Waals surface area contributed by atoms with Crippen LogP contribution in [0.5, 0.6) is 0 Å². The molecular weight excluding hydrogens is 256 g/mol. The van der Waals surface area contributed by atoms with E-state index in [1.165, 1.54) is 18.2 Å². The van der Waals surface area contributed by atoms with Crippen molar-refractivity contribution >= 4 is 11.6 Å². The van der Waals surface area contributed by atoms with E-state index in [9.17, 15) is 8.78 Å². The van der Waals surface area contributed by atoms with Gasteiger partial charge in [0.25, 0.3) is 0 Å². The molecule has 1 atom stereocenters. The summed E-state index contributed by atoms with van der Waals surface area (Å²) in [5, 5.41) is 0.0111. The average Bonchev–Trinajstić information content (AvgIpc) is 2.35. The normalized spacial score (nSPS) is 12.5. The third kappa shape index (κ3) is 2.37. The van der Waals surface area contributed by atoms with E-state index in [1.54, 1.807) is 25.1 Å². The Morgan fingerprint density at radius 3 is 2.56 bits per heavy atom. The molecule has 0 aromatic heterocycles. The van der Waals surface area contributed by atoms with E-state index in [0.29, 0.717) is 5.56 Å². The van der Waals surface area contributed by atoms with Crippen molar-refractivity contribution in [3.05, 3.63) is 69.7 Å². The topological polar surface area (TPSA) is 26.0 Å². The molecule has 0 saturated heterocycles. The van der Waals surface area contributed by atoms with Crippen LogP contribution in [-0.2, 0) is 0 Å². The van der Waals surface area contributed by atoms with Gasteiger partial charge in [0, 0.05) is 5.56 Å². The molecule has 2 aromatic carbocycles. The first kappa shape index (κ1) is 13.0. The van der Waals surface area contributed by atoms with Crippen LogP contribution < -0.4 is 5.73 Å². The molecule has 2 rings (SSSR count). The van der Waals surface area contributed by atoms with Crippen molar-refractivity contribution in [2.75, 3.05) is 0 Å². The molecule has 0 fully saturated rings. The van der Waals surface area contributed by atoms with Crippen molar-refractivity contribution in [3.63, 3.8) is 0 Å². The summed E-state index contributed by atoms with van der Waals surface area (Å²) >= 11 is 5.71. The lowest BCUT2D eigenvalue weighted by atomic mass is 9.95. The Labute approximate surface area is 109 Å². The molecule has 0 radical (unpaired) electrons. The Bertz CT molecular complexity index is 582. The smallest absolute Gasteiger partial charge is 0.146 e. The summed E-state index contributed by atoms with van der Waals surface area (Å²) in [7, 11) is 0. The third-order valence-electron chi connectivity index (χ3n) is 2.89. The fraction of sp³-hybridized carbons (Fsp3) is 0.143. The van der Waals surface area contributed by atoms with Crippen LogP contribution in [0.3, 0.4) is 0 Å². The molecule has 0 aliphatic carbocycles. The lowest BCUT2D eigenvalue weighted by molar-refractivity contribution is 0.595. The minimum absolute atomic E-state index is 0.0111. The van der Waals surface area contributed by atoms with Crippen LogP contribution in [0.4, 0.5) is 8.78 Å². The number of benzene rings is 2. The summed E-state index contributed by atoms with van der Waals surface area (Å²) in [4.78, 5) is 0. The first-order chi connectivity index (χ1) is 8.50. The molecular formula is C14H12ClF2N. The highest BCUT2D eigenvalue weighted by Crippen LogP contribution is 2.28. The second-order valence-electron chi connectivity index (χ2n) is 4.12. The van der Waals surface area contributed by atoms with Crippen LogP contribution in [0, 0.1) is 18.6 Å². The number of nitrogens with two attached hydrogens (primary N) is 1. The summed E-state index contributed by atoms with van der Waals surface area (Å²) in [5.74, 6) is -0.955. The predicted molar refractivity (Wildman–Crippen MR) is 68.6 cm³/mol. The molecule has 0 saturated carbocycles. The molecule has 0 aliphatic rings. The molecule has 2 N–H and O–H groups in total. The van der Waals surface area contributed by atoms with Gasteiger partial charge >= 0.3 is 0 Å². The largest absolute Gasteiger partial charge is 0.320 e. The van der Waals surface area contributed by atoms with Crippen molar-refractivity contribution in [1.82, 2.24) is 0 Å². The van der Waals surface area contributed by atoms with Gasteiger partial charge in [-0.1, -0.05) is 29.8 Å². The maximum absolute atomic E-state index is 13.9. The van der Waals surface area contributed by atoms with Gasteiger partial charge < -0.3 is 5.73 Å². The lowest BCUT2D eigenvalue weighted by Crippen LogP contribution is -2.15. The van der Waals surface area contributed by atoms with Gasteiger partial charge in [-0.15, -0.1) is 0 Å². The van der Waals surface area contributed by atoms with Crippen LogP contribution in [0.1, 0.15) is 22.7 Å². The van der Waals surface area contributed by atoms with Gasteiger partial charge in [0.2, 0.25) is 0 Å². The maximum atomic E-state index is 13.9. The molecule has 18 heavy (non-hydrogen) atoms. The van der Waals surface area contributed by atoms with Gasteiger partial charge in [-0.3, -0.25) is 0 Å². The first-order valence-electron chi connectivity index (χ1n) is 5.46. The molecule has 0 spiro atoms. The summed E-state index contributed by atoms with van der Waals surface area (Å²) in [5.41, 5.74) is 7.61. The highest BCUT2D eigenvalue weighted by Gasteiger charge is 2.17. The Kier molecular flexibility index (Phi) is 3.64. The minimum Gasteiger partial charge on any atom is -0.320 e. The fourth-order valence-corrected chi connectivity index (χ4v) is 2.06. The van der Waals surface area contributed by atoms with E-state index < -0.39 is 17.7 Å². The van der Waals surface area contributed by atoms with Crippen LogP contribution in [-0.4, -0.2) is 0 Å². The standard InChI is InChI=1S/C14H12ClF2N/c1-8-5-6-9(16)7-11(8)14(18)10-3-2-4-12(15)13(10)17/h2-7,14H,18H2,1H3. The van der Waals surface area contributed by atoms with Gasteiger partial charge in [0.05, 0.1) is 11.1 Å². The molecule has 2 aromatic rings. The molecule has 0 bridgehead atoms. The van der Waals surface area contributed by atoms with E-state index in [-0.39, 0.29) is 10.6 Å². The summed E-state index contributed by atoms with van der Waals surface area (Å²) in [6, 6.07) is 8.17. The molecule has 0 amide bonds. The Balaban J connectivity index is 2.51. The van der Waals surface area contributed by atoms with Crippen LogP contribution in [0.2, 0.25) is 5.02 Å². The van der Waals surface area contributed by atoms with E-state index in [2.05, 4.69) is 0 Å². The number of rotatable bonds is 2. The highest BCUT2D eigenvalue weighted by atomic mass is 35.5. The van der Waals surface area contributed by atoms with Gasteiger partial charge in [-0.05, 0) is 36.2 Å². The maximum Gasteiger partial charge on any atom is 0.146 e. The van der Waals surface area contributed by atoms with Gasteiger partial charge in [-0.2, -0.15) is 0 Å². The second kappa shape index (κ2) is 5.04. The van der Waals surface area contributed by atoms with E-state index >= 15 is 0 Å². The van der Waals surface area contributed by atoms with Gasteiger partial charge in [0.15, 0.2) is 0 Å². The Morgan fingerprint density at radius 2 is 1.83 bits per heavy atom. The quantitative estimate of drug-likeness (QED) is 0.875. The fourth-order valence-electron chi connectivity index (χ4n) is 1.87. The van der Waals surface area contributed by atoms with Crippen molar-refractivity contribution in [2.45, 2.75) is 13.0 Å². The molecule has 0 heterocycles. The van der Waals surface area contributed by atoms with E-state index in [1.807, 2.05) is 0 Å². The molecule has 0 aliphatic heterocycles. The zero-order valence-electron chi connectivity index (χ0n) is 9.75. The molecule has 94 valence electrons. The Morgan fingerprint density at radius 1 is 1.11 bits per heavy atom. The molecule has 4 heteroatoms. The van der Waals surface area contributed by atoms with Crippen LogP contribution >= 0.6 is 11.6 Å². The van der Waals surface area contributed by atoms with Gasteiger partial charge in [0.1, 0.15) is 11.6 Å². The summed E-state index contributed by atoms with van der Waals surface area (Å²) < 4.78 is 27.1. The predicted octanol–water partition coefficient (Wildman–Crippen LogP) is 3.97. The van der Waals surface area contributed by atoms with Gasteiger partial charge in [-0.25, -0.2) is 8.78 Å². The Hall–Kier alpha value is -1.45. The first-order valence-corrected chi connectivity index (χ1v) is 5.84. The van der Waals surface area contributed by atoms with Crippen molar-refractivity contribution < 1.29 is 8.78 Å². The number of hydrogen-bond acceptors (Lipinski definition) is 1. The zero-order chi connectivity index (χ0) is 13.3. The number of aryl methyl sites for hydroxylation is 1. The molecule has 1 nitrogen and oxygen atoms in total. The highest BCUT2D eigenvalue weighted by molar-refractivity contribution is 6.30. The van der Waals surface area contributed by atoms with Crippen molar-refractivity contribution in [2.24, 2.45) is 5.73 Å². The lowest BCUT2D eigenvalue weighted by Gasteiger charge is -2.16. The SMILES string of the molecule is Cc1ccc(F)cc1C(N)c1cccc(Cl)c1F. The second-order valence-corrected chi connectivity index (χ2v) is 4.53. The van der Waals surface area contributed by atoms with E-state index in [4.69, 9.17) is 17.3 Å². The van der Waals surface area contributed by atoms with Crippen LogP contribution in [0.25, 0.3) is 0 Å². The summed E-state index contributed by atoms with van der Waals surface area (Å²) in [6.45, 7) is 1.80. The van der Waals surface area contributed by atoms with Crippen molar-refractivity contribution in [3.8, 4) is 0 Å². The average molecular weight is 268 g/mol. The monoisotopic (exact) mass is 267 g/mol. The van der Waals surface area contributed by atoms with Crippen molar-refractivity contribution in [1.29, 1.82) is 0 Å². The zero-order valence-corrected chi connectivity index (χ0v) is 10.5. The summed E-state index contributed by atoms with van der Waals surface area (Å²) in [6.07, 6.45) is 0. The minimum atomic E-state index is -0.737. The number of halogens is 3.